The minimum Gasteiger partial charge on any atom is -0.459 e. The van der Waals surface area contributed by atoms with Crippen LogP contribution in [0.5, 0.6) is 0 Å². The van der Waals surface area contributed by atoms with E-state index in [1.165, 1.54) is 18.4 Å². The molecule has 33 heavy (non-hydrogen) atoms. The van der Waals surface area contributed by atoms with E-state index in [0.29, 0.717) is 11.6 Å². The number of nitrogens with two attached hydrogens (primary N) is 1. The SMILES string of the molecule is NC(=O)NC(=S)C1(Br)C=C(c2ccccc2NC(=O)c2ccco2)C=CC1(O)OC(F)(F)F. The monoisotopic (exact) mass is 545 g/mol. The second-order valence-corrected chi connectivity index (χ2v) is 8.34. The summed E-state index contributed by atoms with van der Waals surface area (Å²) in [5.41, 5.74) is 5.91. The molecule has 1 aliphatic rings. The van der Waals surface area contributed by atoms with E-state index in [1.54, 1.807) is 24.3 Å². The van der Waals surface area contributed by atoms with Crippen molar-refractivity contribution >= 4 is 56.3 Å². The Hall–Kier alpha value is -3.00. The molecule has 2 aromatic rings. The lowest BCUT2D eigenvalue weighted by Crippen LogP contribution is -2.61. The average molecular weight is 546 g/mol. The van der Waals surface area contributed by atoms with Gasteiger partial charge in [-0.1, -0.05) is 52.4 Å². The Kier molecular flexibility index (Phi) is 6.79. The maximum Gasteiger partial charge on any atom is 0.525 e. The van der Waals surface area contributed by atoms with E-state index in [9.17, 15) is 27.9 Å². The maximum absolute atomic E-state index is 13.0. The number of nitrogens with one attached hydrogen (secondary N) is 2. The summed E-state index contributed by atoms with van der Waals surface area (Å²) in [6.45, 7) is 0. The Morgan fingerprint density at radius 3 is 2.52 bits per heavy atom. The van der Waals surface area contributed by atoms with E-state index in [4.69, 9.17) is 22.4 Å². The Morgan fingerprint density at radius 1 is 1.21 bits per heavy atom. The fourth-order valence-corrected chi connectivity index (χ4v) is 3.87. The lowest BCUT2D eigenvalue weighted by atomic mass is 9.86. The van der Waals surface area contributed by atoms with Crippen molar-refractivity contribution in [1.29, 1.82) is 0 Å². The number of furan rings is 1. The second-order valence-electron chi connectivity index (χ2n) is 6.68. The maximum atomic E-state index is 13.0. The first kappa shape index (κ1) is 24.6. The van der Waals surface area contributed by atoms with Crippen LogP contribution in [0.3, 0.4) is 0 Å². The number of aliphatic hydroxyl groups is 1. The number of carbonyl (C=O) groups excluding carboxylic acids is 2. The first-order valence-electron chi connectivity index (χ1n) is 9.00. The van der Waals surface area contributed by atoms with Crippen molar-refractivity contribution in [2.75, 3.05) is 5.32 Å². The first-order chi connectivity index (χ1) is 15.3. The van der Waals surface area contributed by atoms with Gasteiger partial charge in [-0.3, -0.25) is 9.53 Å². The number of halogens is 4. The summed E-state index contributed by atoms with van der Waals surface area (Å²) in [5.74, 6) is -3.62. The molecule has 3 rings (SSSR count). The van der Waals surface area contributed by atoms with Crippen LogP contribution in [0.25, 0.3) is 5.57 Å². The summed E-state index contributed by atoms with van der Waals surface area (Å²) in [7, 11) is 0. The van der Waals surface area contributed by atoms with Gasteiger partial charge in [-0.25, -0.2) is 4.79 Å². The Morgan fingerprint density at radius 2 is 1.91 bits per heavy atom. The molecule has 1 aliphatic carbocycles. The molecular formula is C20H15BrF3N3O5S. The minimum atomic E-state index is -5.26. The highest BCUT2D eigenvalue weighted by atomic mass is 79.9. The topological polar surface area (TPSA) is 127 Å². The van der Waals surface area contributed by atoms with Crippen molar-refractivity contribution in [2.24, 2.45) is 5.73 Å². The molecule has 8 nitrogen and oxygen atoms in total. The predicted molar refractivity (Wildman–Crippen MR) is 119 cm³/mol. The highest BCUT2D eigenvalue weighted by Gasteiger charge is 2.57. The fourth-order valence-electron chi connectivity index (χ4n) is 3.01. The van der Waals surface area contributed by atoms with Gasteiger partial charge in [0.25, 0.3) is 5.91 Å². The van der Waals surface area contributed by atoms with Gasteiger partial charge in [0.15, 0.2) is 10.1 Å². The molecule has 1 aromatic heterocycles. The molecule has 1 heterocycles. The van der Waals surface area contributed by atoms with Gasteiger partial charge in [0.05, 0.1) is 6.26 Å². The molecule has 0 radical (unpaired) electrons. The molecule has 174 valence electrons. The fraction of sp³-hybridized carbons (Fsp3) is 0.150. The number of alkyl halides is 4. The number of thiocarbonyl (C=S) groups is 1. The third-order valence-corrected chi connectivity index (χ3v) is 6.31. The van der Waals surface area contributed by atoms with Gasteiger partial charge < -0.3 is 25.9 Å². The zero-order chi connectivity index (χ0) is 24.4. The van der Waals surface area contributed by atoms with Gasteiger partial charge in [0, 0.05) is 11.3 Å². The van der Waals surface area contributed by atoms with E-state index in [2.05, 4.69) is 26.0 Å². The van der Waals surface area contributed by atoms with Crippen molar-refractivity contribution < 1.29 is 37.0 Å². The summed E-state index contributed by atoms with van der Waals surface area (Å²) in [6, 6.07) is 8.18. The van der Waals surface area contributed by atoms with Crippen molar-refractivity contribution in [3.63, 3.8) is 0 Å². The van der Waals surface area contributed by atoms with E-state index < -0.39 is 33.4 Å². The molecule has 0 saturated heterocycles. The van der Waals surface area contributed by atoms with Crippen LogP contribution in [0.1, 0.15) is 16.1 Å². The number of benzene rings is 1. The number of carbonyl (C=O) groups is 2. The number of ether oxygens (including phenoxy) is 1. The average Bonchev–Trinajstić information content (AvgIpc) is 3.24. The van der Waals surface area contributed by atoms with Gasteiger partial charge in [-0.15, -0.1) is 13.2 Å². The first-order valence-corrected chi connectivity index (χ1v) is 10.2. The van der Waals surface area contributed by atoms with E-state index in [-0.39, 0.29) is 17.0 Å². The van der Waals surface area contributed by atoms with E-state index in [0.717, 1.165) is 12.2 Å². The van der Waals surface area contributed by atoms with Crippen LogP contribution in [0, 0.1) is 0 Å². The lowest BCUT2D eigenvalue weighted by Gasteiger charge is -2.41. The van der Waals surface area contributed by atoms with Gasteiger partial charge >= 0.3 is 12.4 Å². The molecule has 0 bridgehead atoms. The Labute approximate surface area is 198 Å². The molecule has 1 aromatic carbocycles. The van der Waals surface area contributed by atoms with Gasteiger partial charge in [0.1, 0.15) is 4.99 Å². The number of primary amides is 1. The number of urea groups is 1. The number of hydrogen-bond donors (Lipinski definition) is 4. The van der Waals surface area contributed by atoms with Crippen molar-refractivity contribution in [3.8, 4) is 0 Å². The zero-order valence-corrected chi connectivity index (χ0v) is 18.8. The number of hydrogen-bond acceptors (Lipinski definition) is 6. The summed E-state index contributed by atoms with van der Waals surface area (Å²) in [5, 5.41) is 15.4. The van der Waals surface area contributed by atoms with Crippen molar-refractivity contribution in [2.45, 2.75) is 16.5 Å². The largest absolute Gasteiger partial charge is 0.525 e. The molecule has 2 unspecified atom stereocenters. The molecule has 13 heteroatoms. The third kappa shape index (κ3) is 5.33. The van der Waals surface area contributed by atoms with Crippen LogP contribution in [0.4, 0.5) is 23.7 Å². The van der Waals surface area contributed by atoms with Crippen LogP contribution >= 0.6 is 28.1 Å². The van der Waals surface area contributed by atoms with Crippen LogP contribution in [-0.2, 0) is 4.74 Å². The molecule has 3 amide bonds. The van der Waals surface area contributed by atoms with E-state index in [1.807, 2.05) is 5.32 Å². The highest BCUT2D eigenvalue weighted by Crippen LogP contribution is 2.46. The molecule has 0 saturated carbocycles. The van der Waals surface area contributed by atoms with Gasteiger partial charge in [-0.05, 0) is 35.9 Å². The van der Waals surface area contributed by atoms with Crippen LogP contribution in [-0.4, -0.2) is 38.5 Å². The lowest BCUT2D eigenvalue weighted by molar-refractivity contribution is -0.396. The van der Waals surface area contributed by atoms with Crippen molar-refractivity contribution in [1.82, 2.24) is 5.32 Å². The molecule has 0 aliphatic heterocycles. The predicted octanol–water partition coefficient (Wildman–Crippen LogP) is 3.84. The standard InChI is InChI=1S/C20H15BrF3N3O5S/c21-18(16(33)27-17(25)29)10-11(7-8-19(18,30)32-20(22,23)24)12-4-1-2-5-13(12)26-15(28)14-6-3-9-31-14/h1-10,30H,(H,26,28)(H3,25,27,29,33). The molecule has 0 fully saturated rings. The van der Waals surface area contributed by atoms with E-state index >= 15 is 0 Å². The van der Waals surface area contributed by atoms with Crippen LogP contribution in [0.15, 0.2) is 65.3 Å². The van der Waals surface area contributed by atoms with Gasteiger partial charge in [-0.2, -0.15) is 0 Å². The number of para-hydroxylation sites is 1. The smallest absolute Gasteiger partial charge is 0.459 e. The minimum absolute atomic E-state index is 0.0348. The summed E-state index contributed by atoms with van der Waals surface area (Å²) >= 11 is 8.03. The summed E-state index contributed by atoms with van der Waals surface area (Å²) < 4.78 is 45.8. The highest BCUT2D eigenvalue weighted by molar-refractivity contribution is 9.10. The number of allylic oxidation sites excluding steroid dienone is 2. The molecule has 2 atom stereocenters. The van der Waals surface area contributed by atoms with Crippen LogP contribution < -0.4 is 16.4 Å². The summed E-state index contributed by atoms with van der Waals surface area (Å²) in [6.07, 6.45) is -0.975. The number of amides is 3. The van der Waals surface area contributed by atoms with Gasteiger partial charge in [0.2, 0.25) is 5.79 Å². The molecule has 0 spiro atoms. The third-order valence-electron chi connectivity index (χ3n) is 4.43. The Bertz CT molecular complexity index is 1150. The molecule has 5 N–H and O–H groups in total. The van der Waals surface area contributed by atoms with Crippen LogP contribution in [0.2, 0.25) is 0 Å². The van der Waals surface area contributed by atoms with Crippen molar-refractivity contribution in [3.05, 3.63) is 72.2 Å². The number of anilines is 1. The Balaban J connectivity index is 2.06. The summed E-state index contributed by atoms with van der Waals surface area (Å²) in [4.78, 5) is 23.1. The second kappa shape index (κ2) is 9.09. The zero-order valence-electron chi connectivity index (χ0n) is 16.4. The normalized spacial score (nSPS) is 22.4. The molecular weight excluding hydrogens is 531 g/mol. The quantitative estimate of drug-likeness (QED) is 0.257. The number of rotatable bonds is 5.